The number of para-hydroxylation sites is 1. The van der Waals surface area contributed by atoms with Crippen LogP contribution in [-0.2, 0) is 11.2 Å². The lowest BCUT2D eigenvalue weighted by atomic mass is 10.1. The maximum absolute atomic E-state index is 5.35. The average Bonchev–Trinajstić information content (AvgIpc) is 2.88. The Morgan fingerprint density at radius 2 is 2.29 bits per heavy atom. The van der Waals surface area contributed by atoms with Gasteiger partial charge in [-0.1, -0.05) is 18.2 Å². The van der Waals surface area contributed by atoms with Gasteiger partial charge in [0.25, 0.3) is 0 Å². The first kappa shape index (κ1) is 12.4. The van der Waals surface area contributed by atoms with Crippen molar-refractivity contribution >= 4 is 0 Å². The third-order valence-electron chi connectivity index (χ3n) is 3.22. The molecule has 1 fully saturated rings. The van der Waals surface area contributed by atoms with Crippen LogP contribution in [0.1, 0.15) is 12.0 Å². The Labute approximate surface area is 103 Å². The Bertz CT molecular complexity index is 335. The SMILES string of the molecule is COc1ccccc1CCNCC1CCOC1. The lowest BCUT2D eigenvalue weighted by Crippen LogP contribution is -2.25. The van der Waals surface area contributed by atoms with Crippen molar-refractivity contribution < 1.29 is 9.47 Å². The van der Waals surface area contributed by atoms with Crippen molar-refractivity contribution in [2.75, 3.05) is 33.4 Å². The lowest BCUT2D eigenvalue weighted by molar-refractivity contribution is 0.185. The molecule has 1 N–H and O–H groups in total. The van der Waals surface area contributed by atoms with E-state index < -0.39 is 0 Å². The van der Waals surface area contributed by atoms with Gasteiger partial charge in [-0.2, -0.15) is 0 Å². The van der Waals surface area contributed by atoms with E-state index in [0.29, 0.717) is 5.92 Å². The first-order valence-corrected chi connectivity index (χ1v) is 6.30. The van der Waals surface area contributed by atoms with Gasteiger partial charge in [0.05, 0.1) is 13.7 Å². The van der Waals surface area contributed by atoms with Crippen LogP contribution in [0.25, 0.3) is 0 Å². The first-order chi connectivity index (χ1) is 8.40. The van der Waals surface area contributed by atoms with Crippen molar-refractivity contribution in [1.82, 2.24) is 5.32 Å². The Balaban J connectivity index is 1.70. The molecular formula is C14H21NO2. The third kappa shape index (κ3) is 3.72. The van der Waals surface area contributed by atoms with Crippen LogP contribution >= 0.6 is 0 Å². The molecule has 1 aliphatic rings. The fourth-order valence-electron chi connectivity index (χ4n) is 2.18. The van der Waals surface area contributed by atoms with Gasteiger partial charge in [-0.25, -0.2) is 0 Å². The van der Waals surface area contributed by atoms with Crippen LogP contribution in [0.2, 0.25) is 0 Å². The summed E-state index contributed by atoms with van der Waals surface area (Å²) in [5, 5.41) is 3.49. The average molecular weight is 235 g/mol. The third-order valence-corrected chi connectivity index (χ3v) is 3.22. The normalized spacial score (nSPS) is 19.5. The van der Waals surface area contributed by atoms with E-state index in [-0.39, 0.29) is 0 Å². The Hall–Kier alpha value is -1.06. The minimum absolute atomic E-state index is 0.702. The van der Waals surface area contributed by atoms with Gasteiger partial charge in [-0.15, -0.1) is 0 Å². The van der Waals surface area contributed by atoms with Crippen molar-refractivity contribution in [2.45, 2.75) is 12.8 Å². The molecule has 94 valence electrons. The number of benzene rings is 1. The smallest absolute Gasteiger partial charge is 0.122 e. The van der Waals surface area contributed by atoms with Crippen molar-refractivity contribution in [3.8, 4) is 5.75 Å². The van der Waals surface area contributed by atoms with Gasteiger partial charge in [0.15, 0.2) is 0 Å². The second-order valence-corrected chi connectivity index (χ2v) is 4.50. The van der Waals surface area contributed by atoms with Gasteiger partial charge in [-0.3, -0.25) is 0 Å². The van der Waals surface area contributed by atoms with Crippen LogP contribution < -0.4 is 10.1 Å². The highest BCUT2D eigenvalue weighted by atomic mass is 16.5. The molecule has 0 saturated carbocycles. The molecule has 0 bridgehead atoms. The van der Waals surface area contributed by atoms with Gasteiger partial charge in [0, 0.05) is 13.2 Å². The van der Waals surface area contributed by atoms with Crippen LogP contribution in [0.15, 0.2) is 24.3 Å². The highest BCUT2D eigenvalue weighted by Crippen LogP contribution is 2.17. The number of hydrogen-bond acceptors (Lipinski definition) is 3. The van der Waals surface area contributed by atoms with Gasteiger partial charge in [0.1, 0.15) is 5.75 Å². The molecule has 1 aliphatic heterocycles. The molecule has 0 amide bonds. The summed E-state index contributed by atoms with van der Waals surface area (Å²) in [4.78, 5) is 0. The summed E-state index contributed by atoms with van der Waals surface area (Å²) in [6.45, 7) is 3.91. The molecule has 17 heavy (non-hydrogen) atoms. The van der Waals surface area contributed by atoms with Gasteiger partial charge in [-0.05, 0) is 36.9 Å². The Morgan fingerprint density at radius 1 is 1.41 bits per heavy atom. The van der Waals surface area contributed by atoms with Gasteiger partial charge < -0.3 is 14.8 Å². The van der Waals surface area contributed by atoms with E-state index in [1.165, 1.54) is 12.0 Å². The van der Waals surface area contributed by atoms with Crippen molar-refractivity contribution in [1.29, 1.82) is 0 Å². The number of ether oxygens (including phenoxy) is 2. The zero-order valence-corrected chi connectivity index (χ0v) is 10.4. The summed E-state index contributed by atoms with van der Waals surface area (Å²) >= 11 is 0. The van der Waals surface area contributed by atoms with Crippen LogP contribution in [-0.4, -0.2) is 33.4 Å². The van der Waals surface area contributed by atoms with E-state index in [1.807, 2.05) is 12.1 Å². The summed E-state index contributed by atoms with van der Waals surface area (Å²) in [5.41, 5.74) is 1.27. The molecule has 2 rings (SSSR count). The predicted molar refractivity (Wildman–Crippen MR) is 68.5 cm³/mol. The van der Waals surface area contributed by atoms with E-state index in [0.717, 1.165) is 38.5 Å². The zero-order valence-electron chi connectivity index (χ0n) is 10.4. The van der Waals surface area contributed by atoms with E-state index in [1.54, 1.807) is 7.11 Å². The summed E-state index contributed by atoms with van der Waals surface area (Å²) in [5.74, 6) is 1.69. The topological polar surface area (TPSA) is 30.5 Å². The van der Waals surface area contributed by atoms with Crippen molar-refractivity contribution in [3.63, 3.8) is 0 Å². The Kier molecular flexibility index (Phi) is 4.83. The fourth-order valence-corrected chi connectivity index (χ4v) is 2.18. The Morgan fingerprint density at radius 3 is 3.06 bits per heavy atom. The standard InChI is InChI=1S/C14H21NO2/c1-16-14-5-3-2-4-13(14)6-8-15-10-12-7-9-17-11-12/h2-5,12,15H,6-11H2,1H3. The summed E-state index contributed by atoms with van der Waals surface area (Å²) < 4.78 is 10.7. The molecule has 3 nitrogen and oxygen atoms in total. The maximum Gasteiger partial charge on any atom is 0.122 e. The minimum Gasteiger partial charge on any atom is -0.496 e. The summed E-state index contributed by atoms with van der Waals surface area (Å²) in [6, 6.07) is 8.20. The van der Waals surface area contributed by atoms with E-state index >= 15 is 0 Å². The molecule has 1 aromatic carbocycles. The molecule has 0 aliphatic carbocycles. The van der Waals surface area contributed by atoms with E-state index in [9.17, 15) is 0 Å². The summed E-state index contributed by atoms with van der Waals surface area (Å²) in [7, 11) is 1.72. The maximum atomic E-state index is 5.35. The fraction of sp³-hybridized carbons (Fsp3) is 0.571. The van der Waals surface area contributed by atoms with Crippen molar-refractivity contribution in [3.05, 3.63) is 29.8 Å². The van der Waals surface area contributed by atoms with E-state index in [4.69, 9.17) is 9.47 Å². The highest BCUT2D eigenvalue weighted by Gasteiger charge is 2.14. The monoisotopic (exact) mass is 235 g/mol. The van der Waals surface area contributed by atoms with E-state index in [2.05, 4.69) is 17.4 Å². The number of nitrogens with one attached hydrogen (secondary N) is 1. The first-order valence-electron chi connectivity index (χ1n) is 6.30. The molecule has 1 heterocycles. The molecular weight excluding hydrogens is 214 g/mol. The van der Waals surface area contributed by atoms with Gasteiger partial charge >= 0.3 is 0 Å². The second kappa shape index (κ2) is 6.62. The lowest BCUT2D eigenvalue weighted by Gasteiger charge is -2.11. The molecule has 1 aromatic rings. The minimum atomic E-state index is 0.702. The molecule has 0 spiro atoms. The summed E-state index contributed by atoms with van der Waals surface area (Å²) in [6.07, 6.45) is 2.21. The highest BCUT2D eigenvalue weighted by molar-refractivity contribution is 5.33. The molecule has 1 saturated heterocycles. The zero-order chi connectivity index (χ0) is 11.9. The molecule has 0 aromatic heterocycles. The van der Waals surface area contributed by atoms with Crippen LogP contribution in [0.3, 0.4) is 0 Å². The second-order valence-electron chi connectivity index (χ2n) is 4.50. The van der Waals surface area contributed by atoms with Crippen molar-refractivity contribution in [2.24, 2.45) is 5.92 Å². The number of methoxy groups -OCH3 is 1. The van der Waals surface area contributed by atoms with Crippen LogP contribution in [0.5, 0.6) is 5.75 Å². The predicted octanol–water partition coefficient (Wildman–Crippen LogP) is 1.86. The quantitative estimate of drug-likeness (QED) is 0.763. The molecule has 3 heteroatoms. The largest absolute Gasteiger partial charge is 0.496 e. The molecule has 1 unspecified atom stereocenters. The molecule has 0 radical (unpaired) electrons. The number of rotatable bonds is 6. The van der Waals surface area contributed by atoms with Crippen LogP contribution in [0, 0.1) is 5.92 Å². The number of hydrogen-bond donors (Lipinski definition) is 1. The van der Waals surface area contributed by atoms with Crippen LogP contribution in [0.4, 0.5) is 0 Å². The molecule has 1 atom stereocenters. The van der Waals surface area contributed by atoms with Gasteiger partial charge in [0.2, 0.25) is 0 Å².